The van der Waals surface area contributed by atoms with Crippen molar-refractivity contribution in [1.82, 2.24) is 0 Å². The molecule has 5 heteroatoms. The minimum absolute atomic E-state index is 0.0534. The number of quaternary nitrogens is 1. The molecule has 1 aliphatic heterocycles. The van der Waals surface area contributed by atoms with E-state index in [0.717, 1.165) is 0 Å². The molecule has 1 rings (SSSR count). The Morgan fingerprint density at radius 2 is 1.40 bits per heavy atom. The quantitative estimate of drug-likeness (QED) is 0.355. The van der Waals surface area contributed by atoms with Gasteiger partial charge in [0.15, 0.2) is 0 Å². The molecular weight excluding hydrogens is 198 g/mol. The monoisotopic (exact) mass is 212 g/mol. The Balaban J connectivity index is 3.16. The zero-order valence-corrected chi connectivity index (χ0v) is 8.30. The molecule has 0 bridgehead atoms. The van der Waals surface area contributed by atoms with Gasteiger partial charge in [0, 0.05) is 0 Å². The largest absolute Gasteiger partial charge is 0.377 e. The summed E-state index contributed by atoms with van der Waals surface area (Å²) < 4.78 is -0.630. The van der Waals surface area contributed by atoms with Crippen LogP contribution in [0.5, 0.6) is 0 Å². The molecule has 0 aromatic rings. The van der Waals surface area contributed by atoms with Gasteiger partial charge in [-0.25, -0.2) is 9.59 Å². The van der Waals surface area contributed by atoms with E-state index in [4.69, 9.17) is 0 Å². The Morgan fingerprint density at radius 3 is 1.67 bits per heavy atom. The molecule has 2 atom stereocenters. The molecule has 0 aromatic carbocycles. The van der Waals surface area contributed by atoms with Gasteiger partial charge in [-0.3, -0.25) is 0 Å². The van der Waals surface area contributed by atoms with Crippen LogP contribution in [0.1, 0.15) is 0 Å². The number of rotatable bonds is 4. The van der Waals surface area contributed by atoms with Gasteiger partial charge in [-0.05, 0) is 12.2 Å². The molecule has 82 valence electrons. The number of imide groups is 1. The maximum absolute atomic E-state index is 11.7. The number of hydrogen-bond donors (Lipinski definition) is 2. The van der Waals surface area contributed by atoms with Crippen LogP contribution >= 0.6 is 0 Å². The lowest BCUT2D eigenvalue weighted by Gasteiger charge is -2.25. The minimum Gasteiger partial charge on any atom is -0.377 e. The van der Waals surface area contributed by atoms with E-state index in [1.807, 2.05) is 0 Å². The second-order valence-electron chi connectivity index (χ2n) is 3.48. The van der Waals surface area contributed by atoms with Crippen LogP contribution in [0, 0.1) is 0 Å². The molecule has 15 heavy (non-hydrogen) atoms. The van der Waals surface area contributed by atoms with Gasteiger partial charge < -0.3 is 10.2 Å². The lowest BCUT2D eigenvalue weighted by molar-refractivity contribution is -0.761. The summed E-state index contributed by atoms with van der Waals surface area (Å²) in [7, 11) is 0. The fraction of sp³-hybridized carbons (Fsp3) is 0.400. The van der Waals surface area contributed by atoms with E-state index in [1.54, 1.807) is 0 Å². The number of carbonyl (C=O) groups excluding carboxylic acids is 2. The Hall–Kier alpha value is -1.30. The third-order valence-electron chi connectivity index (χ3n) is 2.53. The number of likely N-dealkylation sites (tertiary alicyclic amines) is 1. The molecule has 1 saturated heterocycles. The predicted molar refractivity (Wildman–Crippen MR) is 52.4 cm³/mol. The van der Waals surface area contributed by atoms with Gasteiger partial charge in [0.25, 0.3) is 0 Å². The highest BCUT2D eigenvalue weighted by molar-refractivity contribution is 5.98. The van der Waals surface area contributed by atoms with Gasteiger partial charge in [-0.1, -0.05) is 13.2 Å². The van der Waals surface area contributed by atoms with E-state index in [-0.39, 0.29) is 13.1 Å². The maximum Gasteiger partial charge on any atom is 0.353 e. The number of hydrogen-bond acceptors (Lipinski definition) is 4. The van der Waals surface area contributed by atoms with E-state index in [9.17, 15) is 19.8 Å². The maximum atomic E-state index is 11.7. The van der Waals surface area contributed by atoms with Crippen LogP contribution in [0.3, 0.4) is 0 Å². The topological polar surface area (TPSA) is 74.6 Å². The summed E-state index contributed by atoms with van der Waals surface area (Å²) in [6, 6.07) is 0. The molecule has 1 fully saturated rings. The van der Waals surface area contributed by atoms with Crippen molar-refractivity contribution in [3.8, 4) is 0 Å². The zero-order chi connectivity index (χ0) is 11.6. The first-order chi connectivity index (χ1) is 7.01. The van der Waals surface area contributed by atoms with Crippen LogP contribution < -0.4 is 0 Å². The summed E-state index contributed by atoms with van der Waals surface area (Å²) >= 11 is 0. The number of aliphatic hydroxyl groups excluding tert-OH is 2. The molecule has 1 aliphatic rings. The first-order valence-corrected chi connectivity index (χ1v) is 4.55. The molecule has 0 aromatic heterocycles. The van der Waals surface area contributed by atoms with Crippen molar-refractivity contribution < 1.29 is 24.3 Å². The van der Waals surface area contributed by atoms with Gasteiger partial charge in [0.1, 0.15) is 13.1 Å². The van der Waals surface area contributed by atoms with Crippen molar-refractivity contribution in [2.45, 2.75) is 12.2 Å². The minimum atomic E-state index is -1.64. The highest BCUT2D eigenvalue weighted by atomic mass is 16.4. The summed E-state index contributed by atoms with van der Waals surface area (Å²) in [4.78, 5) is 23.3. The van der Waals surface area contributed by atoms with Crippen LogP contribution in [0.25, 0.3) is 0 Å². The van der Waals surface area contributed by atoms with Crippen molar-refractivity contribution in [1.29, 1.82) is 0 Å². The summed E-state index contributed by atoms with van der Waals surface area (Å²) in [5.41, 5.74) is 0. The fourth-order valence-electron chi connectivity index (χ4n) is 1.76. The average Bonchev–Trinajstić information content (AvgIpc) is 2.36. The van der Waals surface area contributed by atoms with E-state index >= 15 is 0 Å². The van der Waals surface area contributed by atoms with Crippen LogP contribution in [-0.2, 0) is 9.59 Å². The summed E-state index contributed by atoms with van der Waals surface area (Å²) in [6.07, 6.45) is -0.469. The van der Waals surface area contributed by atoms with Crippen molar-refractivity contribution >= 4 is 11.8 Å². The molecule has 0 radical (unpaired) electrons. The summed E-state index contributed by atoms with van der Waals surface area (Å²) in [5.74, 6) is -1.40. The molecule has 0 saturated carbocycles. The van der Waals surface area contributed by atoms with E-state index in [1.165, 1.54) is 12.2 Å². The number of aliphatic hydroxyl groups is 2. The highest BCUT2D eigenvalue weighted by Crippen LogP contribution is 2.23. The molecule has 1 heterocycles. The van der Waals surface area contributed by atoms with Crippen molar-refractivity contribution in [3.63, 3.8) is 0 Å². The third-order valence-corrected chi connectivity index (χ3v) is 2.53. The highest BCUT2D eigenvalue weighted by Gasteiger charge is 2.60. The average molecular weight is 212 g/mol. The van der Waals surface area contributed by atoms with Crippen LogP contribution in [-0.4, -0.2) is 51.8 Å². The van der Waals surface area contributed by atoms with E-state index < -0.39 is 28.5 Å². The summed E-state index contributed by atoms with van der Waals surface area (Å²) in [5, 5.41) is 18.6. The van der Waals surface area contributed by atoms with Gasteiger partial charge in [0.2, 0.25) is 12.2 Å². The predicted octanol–water partition coefficient (Wildman–Crippen LogP) is -1.04. The Bertz CT molecular complexity index is 291. The smallest absolute Gasteiger partial charge is 0.353 e. The number of carbonyl (C=O) groups is 2. The van der Waals surface area contributed by atoms with Gasteiger partial charge >= 0.3 is 11.8 Å². The molecule has 0 aliphatic carbocycles. The van der Waals surface area contributed by atoms with Gasteiger partial charge in [-0.15, -0.1) is 0 Å². The van der Waals surface area contributed by atoms with Crippen LogP contribution in [0.15, 0.2) is 25.3 Å². The molecular formula is C10H14NO4+. The van der Waals surface area contributed by atoms with Crippen molar-refractivity contribution in [2.24, 2.45) is 0 Å². The lowest BCUT2D eigenvalue weighted by atomic mass is 10.2. The molecule has 5 nitrogen and oxygen atoms in total. The SMILES string of the molecule is C=CC[N+]1(CC=C)C(=O)C(O)C(O)C1=O. The first-order valence-electron chi connectivity index (χ1n) is 4.55. The second-order valence-corrected chi connectivity index (χ2v) is 3.48. The second kappa shape index (κ2) is 4.06. The standard InChI is InChI=1S/C10H14NO4/c1-3-5-11(6-4-2)9(14)7(12)8(13)10(11)15/h3-4,7-8,12-13H,1-2,5-6H2/q+1. The molecule has 2 unspecified atom stereocenters. The van der Waals surface area contributed by atoms with E-state index in [0.29, 0.717) is 0 Å². The van der Waals surface area contributed by atoms with Crippen molar-refractivity contribution in [3.05, 3.63) is 25.3 Å². The Morgan fingerprint density at radius 1 is 1.07 bits per heavy atom. The number of amides is 2. The Labute approximate surface area is 87.5 Å². The normalized spacial score (nSPS) is 29.2. The van der Waals surface area contributed by atoms with Gasteiger partial charge in [-0.2, -0.15) is 4.48 Å². The first kappa shape index (κ1) is 11.8. The molecule has 0 spiro atoms. The molecule has 2 N–H and O–H groups in total. The lowest BCUT2D eigenvalue weighted by Crippen LogP contribution is -2.54. The van der Waals surface area contributed by atoms with E-state index in [2.05, 4.69) is 13.2 Å². The van der Waals surface area contributed by atoms with Crippen molar-refractivity contribution in [2.75, 3.05) is 13.1 Å². The fourth-order valence-corrected chi connectivity index (χ4v) is 1.76. The molecule has 2 amide bonds. The zero-order valence-electron chi connectivity index (χ0n) is 8.30. The van der Waals surface area contributed by atoms with Gasteiger partial charge in [0.05, 0.1) is 0 Å². The Kier molecular flexibility index (Phi) is 3.18. The third kappa shape index (κ3) is 1.54. The van der Waals surface area contributed by atoms with Crippen LogP contribution in [0.4, 0.5) is 0 Å². The van der Waals surface area contributed by atoms with Crippen LogP contribution in [0.2, 0.25) is 0 Å². The summed E-state index contributed by atoms with van der Waals surface area (Å²) in [6.45, 7) is 7.01. The number of nitrogens with zero attached hydrogens (tertiary/aromatic N) is 1.